The Kier molecular flexibility index (Phi) is 5.00. The van der Waals surface area contributed by atoms with Gasteiger partial charge in [0.1, 0.15) is 0 Å². The first kappa shape index (κ1) is 17.1. The van der Waals surface area contributed by atoms with Crippen molar-refractivity contribution in [1.29, 1.82) is 0 Å². The van der Waals surface area contributed by atoms with Crippen molar-refractivity contribution in [1.82, 2.24) is 0 Å². The summed E-state index contributed by atoms with van der Waals surface area (Å²) < 4.78 is 75.3. The van der Waals surface area contributed by atoms with E-state index in [9.17, 15) is 26.3 Å². The van der Waals surface area contributed by atoms with E-state index in [4.69, 9.17) is 11.6 Å². The van der Waals surface area contributed by atoms with Crippen LogP contribution in [-0.2, 0) is 0 Å². The standard InChI is InChI=1S/C13H13ClF6/c1-7(2)8-3-5-9(6-4-8)10(14)11(12(15,16)17)13(18,19)20/h3-7,10-11H,1-2H3. The SMILES string of the molecule is CC(C)c1ccc(C(Cl)C(C(F)(F)F)C(F)(F)F)cc1. The zero-order chi connectivity index (χ0) is 15.7. The molecule has 1 aromatic carbocycles. The van der Waals surface area contributed by atoms with E-state index in [1.165, 1.54) is 24.3 Å². The second-order valence-corrected chi connectivity index (χ2v) is 5.25. The van der Waals surface area contributed by atoms with Gasteiger partial charge in [0.2, 0.25) is 0 Å². The largest absolute Gasteiger partial charge is 0.402 e. The number of hydrogen-bond acceptors (Lipinski definition) is 0. The van der Waals surface area contributed by atoms with Crippen LogP contribution in [0.15, 0.2) is 24.3 Å². The lowest BCUT2D eigenvalue weighted by atomic mass is 9.95. The number of alkyl halides is 7. The molecule has 0 aliphatic carbocycles. The Morgan fingerprint density at radius 1 is 0.800 bits per heavy atom. The van der Waals surface area contributed by atoms with Crippen molar-refractivity contribution in [2.75, 3.05) is 0 Å². The normalized spacial score (nSPS) is 14.9. The van der Waals surface area contributed by atoms with Gasteiger partial charge in [-0.15, -0.1) is 11.6 Å². The fourth-order valence-electron chi connectivity index (χ4n) is 1.77. The predicted octanol–water partition coefficient (Wildman–Crippen LogP) is 5.83. The highest BCUT2D eigenvalue weighted by atomic mass is 35.5. The quantitative estimate of drug-likeness (QED) is 0.486. The summed E-state index contributed by atoms with van der Waals surface area (Å²) in [5, 5.41) is -2.20. The van der Waals surface area contributed by atoms with Crippen LogP contribution in [0.3, 0.4) is 0 Å². The van der Waals surface area contributed by atoms with E-state index in [-0.39, 0.29) is 11.5 Å². The van der Waals surface area contributed by atoms with E-state index in [0.717, 1.165) is 5.56 Å². The smallest absolute Gasteiger partial charge is 0.170 e. The molecule has 1 aromatic rings. The highest BCUT2D eigenvalue weighted by Gasteiger charge is 2.60. The molecule has 0 N–H and O–H groups in total. The zero-order valence-electron chi connectivity index (χ0n) is 10.7. The number of rotatable bonds is 3. The maximum atomic E-state index is 12.6. The summed E-state index contributed by atoms with van der Waals surface area (Å²) in [7, 11) is 0. The maximum absolute atomic E-state index is 12.6. The van der Waals surface area contributed by atoms with Gasteiger partial charge >= 0.3 is 12.4 Å². The van der Waals surface area contributed by atoms with Crippen molar-refractivity contribution in [2.24, 2.45) is 5.92 Å². The van der Waals surface area contributed by atoms with Gasteiger partial charge in [0.05, 0.1) is 5.38 Å². The lowest BCUT2D eigenvalue weighted by Gasteiger charge is -2.27. The van der Waals surface area contributed by atoms with Crippen molar-refractivity contribution < 1.29 is 26.3 Å². The van der Waals surface area contributed by atoms with E-state index in [1.807, 2.05) is 13.8 Å². The molecule has 1 atom stereocenters. The highest BCUT2D eigenvalue weighted by Crippen LogP contribution is 2.49. The van der Waals surface area contributed by atoms with E-state index in [0.29, 0.717) is 0 Å². The van der Waals surface area contributed by atoms with Gasteiger partial charge in [-0.1, -0.05) is 38.1 Å². The van der Waals surface area contributed by atoms with Crippen LogP contribution in [-0.4, -0.2) is 12.4 Å². The summed E-state index contributed by atoms with van der Waals surface area (Å²) in [6.07, 6.45) is -10.9. The van der Waals surface area contributed by atoms with Gasteiger partial charge in [0.25, 0.3) is 0 Å². The second-order valence-electron chi connectivity index (χ2n) is 4.78. The molecular weight excluding hydrogens is 306 g/mol. The minimum Gasteiger partial charge on any atom is -0.170 e. The van der Waals surface area contributed by atoms with Crippen molar-refractivity contribution in [3.8, 4) is 0 Å². The first-order valence-corrected chi connectivity index (χ1v) is 6.25. The third-order valence-corrected chi connectivity index (χ3v) is 3.42. The third kappa shape index (κ3) is 4.04. The van der Waals surface area contributed by atoms with Crippen molar-refractivity contribution in [3.63, 3.8) is 0 Å². The molecule has 114 valence electrons. The van der Waals surface area contributed by atoms with Crippen molar-refractivity contribution >= 4 is 11.6 Å². The topological polar surface area (TPSA) is 0 Å². The van der Waals surface area contributed by atoms with Crippen LogP contribution >= 0.6 is 11.6 Å². The monoisotopic (exact) mass is 318 g/mol. The van der Waals surface area contributed by atoms with Crippen molar-refractivity contribution in [3.05, 3.63) is 35.4 Å². The first-order valence-electron chi connectivity index (χ1n) is 5.82. The average molecular weight is 319 g/mol. The number of hydrogen-bond donors (Lipinski definition) is 0. The molecule has 7 heteroatoms. The van der Waals surface area contributed by atoms with Gasteiger partial charge in [0.15, 0.2) is 5.92 Å². The molecule has 0 aliphatic rings. The molecule has 20 heavy (non-hydrogen) atoms. The molecule has 0 fully saturated rings. The summed E-state index contributed by atoms with van der Waals surface area (Å²) in [6.45, 7) is 3.73. The van der Waals surface area contributed by atoms with Crippen LogP contribution in [0.2, 0.25) is 0 Å². The molecule has 0 bridgehead atoms. The lowest BCUT2D eigenvalue weighted by Crippen LogP contribution is -2.39. The van der Waals surface area contributed by atoms with Gasteiger partial charge in [-0.2, -0.15) is 26.3 Å². The van der Waals surface area contributed by atoms with Crippen LogP contribution < -0.4 is 0 Å². The van der Waals surface area contributed by atoms with Gasteiger partial charge in [0, 0.05) is 0 Å². The van der Waals surface area contributed by atoms with E-state index in [1.54, 1.807) is 0 Å². The Labute approximate surface area is 117 Å². The van der Waals surface area contributed by atoms with Crippen LogP contribution in [0.1, 0.15) is 36.3 Å². The molecule has 0 heterocycles. The fraction of sp³-hybridized carbons (Fsp3) is 0.538. The molecule has 0 amide bonds. The Morgan fingerprint density at radius 3 is 1.45 bits per heavy atom. The maximum Gasteiger partial charge on any atom is 0.402 e. The van der Waals surface area contributed by atoms with E-state index in [2.05, 4.69) is 0 Å². The molecule has 1 rings (SSSR count). The van der Waals surface area contributed by atoms with Crippen LogP contribution in [0.4, 0.5) is 26.3 Å². The van der Waals surface area contributed by atoms with Gasteiger partial charge in [-0.3, -0.25) is 0 Å². The molecule has 0 spiro atoms. The third-order valence-electron chi connectivity index (χ3n) is 2.92. The molecular formula is C13H13ClF6. The first-order chi connectivity index (χ1) is 8.94. The van der Waals surface area contributed by atoms with Crippen LogP contribution in [0.25, 0.3) is 0 Å². The Morgan fingerprint density at radius 2 is 1.15 bits per heavy atom. The second kappa shape index (κ2) is 5.84. The lowest BCUT2D eigenvalue weighted by molar-refractivity contribution is -0.284. The molecule has 0 aromatic heterocycles. The molecule has 0 saturated heterocycles. The Bertz CT molecular complexity index is 418. The van der Waals surface area contributed by atoms with Gasteiger partial charge in [-0.25, -0.2) is 0 Å². The fourth-order valence-corrected chi connectivity index (χ4v) is 2.21. The summed E-state index contributed by atoms with van der Waals surface area (Å²) in [4.78, 5) is 0. The molecule has 0 radical (unpaired) electrons. The molecule has 0 nitrogen and oxygen atoms in total. The summed E-state index contributed by atoms with van der Waals surface area (Å²) in [5.74, 6) is -3.46. The summed E-state index contributed by atoms with van der Waals surface area (Å²) >= 11 is 5.43. The van der Waals surface area contributed by atoms with Gasteiger partial charge in [-0.05, 0) is 17.0 Å². The minimum absolute atomic E-state index is 0.124. The van der Waals surface area contributed by atoms with Crippen molar-refractivity contribution in [2.45, 2.75) is 37.5 Å². The van der Waals surface area contributed by atoms with Gasteiger partial charge < -0.3 is 0 Å². The molecule has 0 saturated carbocycles. The van der Waals surface area contributed by atoms with Crippen LogP contribution in [0.5, 0.6) is 0 Å². The molecule has 1 unspecified atom stereocenters. The average Bonchev–Trinajstić information content (AvgIpc) is 2.25. The molecule has 0 aliphatic heterocycles. The van der Waals surface area contributed by atoms with E-state index >= 15 is 0 Å². The summed E-state index contributed by atoms with van der Waals surface area (Å²) in [6, 6.07) is 5.38. The van der Waals surface area contributed by atoms with E-state index < -0.39 is 23.6 Å². The zero-order valence-corrected chi connectivity index (χ0v) is 11.4. The number of benzene rings is 1. The van der Waals surface area contributed by atoms with Crippen LogP contribution in [0, 0.1) is 5.92 Å². The Balaban J connectivity index is 3.10. The minimum atomic E-state index is -5.44. The highest BCUT2D eigenvalue weighted by molar-refractivity contribution is 6.21. The Hall–Kier alpha value is -0.910. The predicted molar refractivity (Wildman–Crippen MR) is 64.7 cm³/mol. The summed E-state index contributed by atoms with van der Waals surface area (Å²) in [5.41, 5.74) is 0.615. The number of halogens is 7.